The van der Waals surface area contributed by atoms with Crippen LogP contribution >= 0.6 is 0 Å². The van der Waals surface area contributed by atoms with Gasteiger partial charge in [0.05, 0.1) is 0 Å². The highest BCUT2D eigenvalue weighted by atomic mass is 14.9. The number of rotatable bonds is 0. The Kier molecular flexibility index (Phi) is 6.64. The van der Waals surface area contributed by atoms with Crippen molar-refractivity contribution in [3.05, 3.63) is 42.2 Å². The second-order valence-corrected chi connectivity index (χ2v) is 4.46. The van der Waals surface area contributed by atoms with E-state index in [-0.39, 0.29) is 5.41 Å². The number of hydrogen-bond donors (Lipinski definition) is 0. The second-order valence-electron chi connectivity index (χ2n) is 4.46. The van der Waals surface area contributed by atoms with Crippen molar-refractivity contribution in [2.24, 2.45) is 0 Å². The summed E-state index contributed by atoms with van der Waals surface area (Å²) in [5.74, 6) is 0. The number of aromatic nitrogens is 1. The molecule has 2 aromatic rings. The van der Waals surface area contributed by atoms with Gasteiger partial charge in [0.2, 0.25) is 0 Å². The third kappa shape index (κ3) is 3.92. The molecule has 2 aromatic heterocycles. The van der Waals surface area contributed by atoms with Crippen LogP contribution < -0.4 is 0 Å². The van der Waals surface area contributed by atoms with Gasteiger partial charge >= 0.3 is 0 Å². The summed E-state index contributed by atoms with van der Waals surface area (Å²) >= 11 is 0. The first-order valence-electron chi connectivity index (χ1n) is 6.65. The van der Waals surface area contributed by atoms with Crippen LogP contribution in [0.1, 0.15) is 54.2 Å². The van der Waals surface area contributed by atoms with E-state index in [0.29, 0.717) is 0 Å². The fourth-order valence-corrected chi connectivity index (χ4v) is 1.67. The largest absolute Gasteiger partial charge is 0.320 e. The molecular formula is C16H27N. The molecule has 96 valence electrons. The minimum absolute atomic E-state index is 0.216. The van der Waals surface area contributed by atoms with Crippen molar-refractivity contribution < 1.29 is 0 Å². The average Bonchev–Trinajstić information content (AvgIpc) is 2.77. The first-order chi connectivity index (χ1) is 8.09. The van der Waals surface area contributed by atoms with Gasteiger partial charge in [-0.25, -0.2) is 0 Å². The van der Waals surface area contributed by atoms with Crippen LogP contribution in [0.2, 0.25) is 0 Å². The minimum atomic E-state index is 0.216. The van der Waals surface area contributed by atoms with Crippen molar-refractivity contribution in [3.8, 4) is 0 Å². The average molecular weight is 233 g/mol. The molecule has 0 amide bonds. The van der Waals surface area contributed by atoms with Crippen molar-refractivity contribution in [1.29, 1.82) is 0 Å². The SMILES string of the molecule is CC.CC.CC(C)(C)c1ccc2ccccn12. The molecule has 0 N–H and O–H groups in total. The van der Waals surface area contributed by atoms with Crippen LogP contribution in [0.5, 0.6) is 0 Å². The minimum Gasteiger partial charge on any atom is -0.320 e. The summed E-state index contributed by atoms with van der Waals surface area (Å²) in [6, 6.07) is 10.6. The summed E-state index contributed by atoms with van der Waals surface area (Å²) in [7, 11) is 0. The van der Waals surface area contributed by atoms with Gasteiger partial charge in [0, 0.05) is 22.8 Å². The molecule has 0 spiro atoms. The molecule has 0 aliphatic heterocycles. The second kappa shape index (κ2) is 7.16. The van der Waals surface area contributed by atoms with Gasteiger partial charge in [-0.3, -0.25) is 0 Å². The molecule has 0 aliphatic carbocycles. The van der Waals surface area contributed by atoms with E-state index in [0.717, 1.165) is 0 Å². The summed E-state index contributed by atoms with van der Waals surface area (Å²) in [5, 5.41) is 0. The molecule has 1 nitrogen and oxygen atoms in total. The first kappa shape index (κ1) is 15.8. The van der Waals surface area contributed by atoms with E-state index in [4.69, 9.17) is 0 Å². The highest BCUT2D eigenvalue weighted by Crippen LogP contribution is 2.24. The number of pyridine rings is 1. The van der Waals surface area contributed by atoms with Gasteiger partial charge < -0.3 is 4.40 Å². The van der Waals surface area contributed by atoms with Crippen LogP contribution in [-0.2, 0) is 5.41 Å². The summed E-state index contributed by atoms with van der Waals surface area (Å²) in [6.45, 7) is 14.7. The predicted molar refractivity (Wildman–Crippen MR) is 78.8 cm³/mol. The van der Waals surface area contributed by atoms with Gasteiger partial charge in [0.25, 0.3) is 0 Å². The lowest BCUT2D eigenvalue weighted by atomic mass is 9.92. The Morgan fingerprint density at radius 1 is 0.824 bits per heavy atom. The van der Waals surface area contributed by atoms with Crippen molar-refractivity contribution in [3.63, 3.8) is 0 Å². The van der Waals surface area contributed by atoms with Gasteiger partial charge in [-0.15, -0.1) is 0 Å². The molecule has 17 heavy (non-hydrogen) atoms. The summed E-state index contributed by atoms with van der Waals surface area (Å²) < 4.78 is 2.25. The van der Waals surface area contributed by atoms with Crippen molar-refractivity contribution in [2.45, 2.75) is 53.9 Å². The van der Waals surface area contributed by atoms with Crippen molar-refractivity contribution in [1.82, 2.24) is 4.40 Å². The summed E-state index contributed by atoms with van der Waals surface area (Å²) in [4.78, 5) is 0. The molecule has 0 radical (unpaired) electrons. The topological polar surface area (TPSA) is 4.41 Å². The van der Waals surface area contributed by atoms with Crippen LogP contribution in [0.4, 0.5) is 0 Å². The lowest BCUT2D eigenvalue weighted by Crippen LogP contribution is -2.13. The van der Waals surface area contributed by atoms with Crippen LogP contribution in [0, 0.1) is 0 Å². The highest BCUT2D eigenvalue weighted by Gasteiger charge is 2.16. The van der Waals surface area contributed by atoms with Gasteiger partial charge in [-0.1, -0.05) is 54.5 Å². The van der Waals surface area contributed by atoms with E-state index < -0.39 is 0 Å². The summed E-state index contributed by atoms with van der Waals surface area (Å²) in [6.07, 6.45) is 2.12. The van der Waals surface area contributed by atoms with E-state index in [9.17, 15) is 0 Å². The third-order valence-corrected chi connectivity index (χ3v) is 2.33. The maximum absolute atomic E-state index is 2.25. The molecule has 0 atom stereocenters. The van der Waals surface area contributed by atoms with E-state index >= 15 is 0 Å². The zero-order chi connectivity index (χ0) is 13.5. The molecule has 2 heterocycles. The molecule has 0 aromatic carbocycles. The maximum atomic E-state index is 2.25. The Morgan fingerprint density at radius 3 is 1.94 bits per heavy atom. The molecule has 0 aliphatic rings. The maximum Gasteiger partial charge on any atom is 0.0453 e. The summed E-state index contributed by atoms with van der Waals surface area (Å²) in [5.41, 5.74) is 2.85. The lowest BCUT2D eigenvalue weighted by molar-refractivity contribution is 0.564. The molecule has 0 fully saturated rings. The standard InChI is InChI=1S/C12H15N.2C2H6/c1-12(2,3)11-8-7-10-6-4-5-9-13(10)11;2*1-2/h4-9H,1-3H3;2*1-2H3. The Labute approximate surface area is 106 Å². The molecule has 0 bridgehead atoms. The number of nitrogens with zero attached hydrogens (tertiary/aromatic N) is 1. The van der Waals surface area contributed by atoms with Crippen LogP contribution in [0.3, 0.4) is 0 Å². The Bertz CT molecular complexity index is 418. The van der Waals surface area contributed by atoms with Crippen molar-refractivity contribution >= 4 is 5.52 Å². The fourth-order valence-electron chi connectivity index (χ4n) is 1.67. The quantitative estimate of drug-likeness (QED) is 0.582. The van der Waals surface area contributed by atoms with Crippen LogP contribution in [0.25, 0.3) is 5.52 Å². The number of fused-ring (bicyclic) bond motifs is 1. The third-order valence-electron chi connectivity index (χ3n) is 2.33. The van der Waals surface area contributed by atoms with E-state index in [1.165, 1.54) is 11.2 Å². The van der Waals surface area contributed by atoms with Crippen molar-refractivity contribution in [2.75, 3.05) is 0 Å². The predicted octanol–water partition coefficient (Wildman–Crippen LogP) is 5.29. The van der Waals surface area contributed by atoms with Gasteiger partial charge in [0.15, 0.2) is 0 Å². The zero-order valence-corrected chi connectivity index (χ0v) is 12.4. The fraction of sp³-hybridized carbons (Fsp3) is 0.500. The molecular weight excluding hydrogens is 206 g/mol. The Hall–Kier alpha value is -1.24. The number of hydrogen-bond acceptors (Lipinski definition) is 0. The van der Waals surface area contributed by atoms with Gasteiger partial charge in [0.1, 0.15) is 0 Å². The van der Waals surface area contributed by atoms with Gasteiger partial charge in [-0.05, 0) is 24.3 Å². The zero-order valence-electron chi connectivity index (χ0n) is 12.4. The van der Waals surface area contributed by atoms with Crippen LogP contribution in [-0.4, -0.2) is 4.40 Å². The lowest BCUT2D eigenvalue weighted by Gasteiger charge is -2.18. The normalized spacial score (nSPS) is 10.1. The monoisotopic (exact) mass is 233 g/mol. The molecule has 0 saturated heterocycles. The van der Waals surface area contributed by atoms with Crippen LogP contribution in [0.15, 0.2) is 36.5 Å². The first-order valence-corrected chi connectivity index (χ1v) is 6.65. The Morgan fingerprint density at radius 2 is 1.41 bits per heavy atom. The van der Waals surface area contributed by atoms with E-state index in [1.807, 2.05) is 27.7 Å². The van der Waals surface area contributed by atoms with E-state index in [2.05, 4.69) is 61.7 Å². The molecule has 0 unspecified atom stereocenters. The molecule has 0 saturated carbocycles. The molecule has 1 heteroatoms. The van der Waals surface area contributed by atoms with E-state index in [1.54, 1.807) is 0 Å². The smallest absolute Gasteiger partial charge is 0.0453 e. The van der Waals surface area contributed by atoms with Gasteiger partial charge in [-0.2, -0.15) is 0 Å². The molecule has 2 rings (SSSR count). The highest BCUT2D eigenvalue weighted by molar-refractivity contribution is 5.50. The Balaban J connectivity index is 0.000000581.